The molecule has 0 N–H and O–H groups in total. The van der Waals surface area contributed by atoms with Gasteiger partial charge in [-0.15, -0.1) is 11.3 Å². The van der Waals surface area contributed by atoms with Crippen molar-refractivity contribution in [1.29, 1.82) is 0 Å². The Kier molecular flexibility index (Phi) is 1.54. The summed E-state index contributed by atoms with van der Waals surface area (Å²) in [5.41, 5.74) is 0. The second-order valence-electron chi connectivity index (χ2n) is 2.11. The number of imidazole rings is 1. The number of ether oxygens (including phenoxy) is 1. The third kappa shape index (κ3) is 1.09. The van der Waals surface area contributed by atoms with Crippen LogP contribution in [0.5, 0.6) is 5.88 Å². The average Bonchev–Trinajstić information content (AvgIpc) is 2.46. The fraction of sp³-hybridized carbons (Fsp3) is 0.286. The molecule has 0 unspecified atom stereocenters. The molecule has 58 valence electrons. The molecule has 0 saturated carbocycles. The van der Waals surface area contributed by atoms with Gasteiger partial charge in [0.2, 0.25) is 5.88 Å². The first-order chi connectivity index (χ1) is 5.40. The van der Waals surface area contributed by atoms with Gasteiger partial charge < -0.3 is 4.74 Å². The predicted octanol–water partition coefficient (Wildman–Crippen LogP) is 1.79. The third-order valence-corrected chi connectivity index (χ3v) is 2.13. The van der Waals surface area contributed by atoms with Crippen molar-refractivity contribution in [2.75, 3.05) is 6.61 Å². The molecule has 0 fully saturated rings. The topological polar surface area (TPSA) is 26.5 Å². The van der Waals surface area contributed by atoms with E-state index >= 15 is 0 Å². The lowest BCUT2D eigenvalue weighted by molar-refractivity contribution is 0.329. The van der Waals surface area contributed by atoms with Crippen molar-refractivity contribution in [2.24, 2.45) is 0 Å². The van der Waals surface area contributed by atoms with Crippen LogP contribution in [0.2, 0.25) is 0 Å². The molecule has 2 aromatic rings. The SMILES string of the molecule is CCOc1cn2ccsc2n1. The van der Waals surface area contributed by atoms with Crippen molar-refractivity contribution >= 4 is 16.3 Å². The fourth-order valence-corrected chi connectivity index (χ4v) is 1.62. The Morgan fingerprint density at radius 1 is 1.73 bits per heavy atom. The van der Waals surface area contributed by atoms with E-state index in [1.807, 2.05) is 29.1 Å². The summed E-state index contributed by atoms with van der Waals surface area (Å²) in [7, 11) is 0. The molecule has 0 aliphatic carbocycles. The molecule has 0 atom stereocenters. The van der Waals surface area contributed by atoms with Crippen LogP contribution in [0.15, 0.2) is 17.8 Å². The van der Waals surface area contributed by atoms with E-state index in [0.717, 1.165) is 4.96 Å². The van der Waals surface area contributed by atoms with Crippen molar-refractivity contribution in [3.63, 3.8) is 0 Å². The quantitative estimate of drug-likeness (QED) is 0.683. The smallest absolute Gasteiger partial charge is 0.233 e. The monoisotopic (exact) mass is 168 g/mol. The molecular formula is C7H8N2OS. The van der Waals surface area contributed by atoms with Gasteiger partial charge in [0.1, 0.15) is 0 Å². The van der Waals surface area contributed by atoms with E-state index in [2.05, 4.69) is 4.98 Å². The summed E-state index contributed by atoms with van der Waals surface area (Å²) in [5.74, 6) is 0.708. The van der Waals surface area contributed by atoms with Gasteiger partial charge in [-0.3, -0.25) is 4.40 Å². The maximum absolute atomic E-state index is 5.22. The largest absolute Gasteiger partial charge is 0.477 e. The van der Waals surface area contributed by atoms with E-state index in [-0.39, 0.29) is 0 Å². The van der Waals surface area contributed by atoms with E-state index in [0.29, 0.717) is 12.5 Å². The molecule has 0 aromatic carbocycles. The molecular weight excluding hydrogens is 160 g/mol. The highest BCUT2D eigenvalue weighted by molar-refractivity contribution is 7.15. The Morgan fingerprint density at radius 3 is 3.36 bits per heavy atom. The number of rotatable bonds is 2. The minimum atomic E-state index is 0.671. The zero-order chi connectivity index (χ0) is 7.68. The van der Waals surface area contributed by atoms with Crippen LogP contribution >= 0.6 is 11.3 Å². The minimum absolute atomic E-state index is 0.671. The standard InChI is InChI=1S/C7H8N2OS/c1-2-10-6-5-9-3-4-11-7(9)8-6/h3-5H,2H2,1H3. The number of hydrogen-bond donors (Lipinski definition) is 0. The van der Waals surface area contributed by atoms with Crippen molar-refractivity contribution in [3.05, 3.63) is 17.8 Å². The summed E-state index contributed by atoms with van der Waals surface area (Å²) in [6.07, 6.45) is 3.85. The average molecular weight is 168 g/mol. The predicted molar refractivity (Wildman–Crippen MR) is 44.2 cm³/mol. The van der Waals surface area contributed by atoms with Gasteiger partial charge in [0, 0.05) is 11.6 Å². The van der Waals surface area contributed by atoms with Crippen LogP contribution in [0.1, 0.15) is 6.92 Å². The summed E-state index contributed by atoms with van der Waals surface area (Å²) >= 11 is 1.61. The van der Waals surface area contributed by atoms with Gasteiger partial charge in [-0.1, -0.05) is 0 Å². The molecule has 0 bridgehead atoms. The highest BCUT2D eigenvalue weighted by Gasteiger charge is 2.00. The van der Waals surface area contributed by atoms with Gasteiger partial charge in [0.15, 0.2) is 4.96 Å². The second kappa shape index (κ2) is 2.54. The van der Waals surface area contributed by atoms with E-state index in [4.69, 9.17) is 4.74 Å². The molecule has 2 heterocycles. The Labute approximate surface area is 68.3 Å². The van der Waals surface area contributed by atoms with Gasteiger partial charge >= 0.3 is 0 Å². The zero-order valence-corrected chi connectivity index (χ0v) is 6.97. The first-order valence-corrected chi connectivity index (χ1v) is 4.33. The molecule has 0 aliphatic heterocycles. The molecule has 2 rings (SSSR count). The number of hydrogen-bond acceptors (Lipinski definition) is 3. The lowest BCUT2D eigenvalue weighted by Crippen LogP contribution is -1.90. The van der Waals surface area contributed by atoms with Gasteiger partial charge in [-0.2, -0.15) is 4.98 Å². The van der Waals surface area contributed by atoms with E-state index in [1.54, 1.807) is 11.3 Å². The highest BCUT2D eigenvalue weighted by atomic mass is 32.1. The van der Waals surface area contributed by atoms with Crippen molar-refractivity contribution < 1.29 is 4.74 Å². The molecule has 3 nitrogen and oxygen atoms in total. The molecule has 0 amide bonds. The molecule has 4 heteroatoms. The van der Waals surface area contributed by atoms with Gasteiger partial charge in [0.25, 0.3) is 0 Å². The van der Waals surface area contributed by atoms with Gasteiger partial charge in [-0.25, -0.2) is 0 Å². The summed E-state index contributed by atoms with van der Waals surface area (Å²) in [6.45, 7) is 2.62. The van der Waals surface area contributed by atoms with Crippen LogP contribution in [0.3, 0.4) is 0 Å². The highest BCUT2D eigenvalue weighted by Crippen LogP contribution is 2.15. The van der Waals surface area contributed by atoms with Crippen LogP contribution < -0.4 is 4.74 Å². The first kappa shape index (κ1) is 6.67. The Balaban J connectivity index is 2.42. The lowest BCUT2D eigenvalue weighted by atomic mass is 10.8. The second-order valence-corrected chi connectivity index (χ2v) is 2.98. The third-order valence-electron chi connectivity index (χ3n) is 1.36. The zero-order valence-electron chi connectivity index (χ0n) is 6.15. The summed E-state index contributed by atoms with van der Waals surface area (Å²) in [5, 5.41) is 2.00. The number of aromatic nitrogens is 2. The lowest BCUT2D eigenvalue weighted by Gasteiger charge is -1.92. The van der Waals surface area contributed by atoms with Crippen molar-refractivity contribution in [1.82, 2.24) is 9.38 Å². The van der Waals surface area contributed by atoms with Crippen LogP contribution in [0, 0.1) is 0 Å². The number of thiazole rings is 1. The molecule has 0 aliphatic rings. The van der Waals surface area contributed by atoms with Crippen LogP contribution in [0.4, 0.5) is 0 Å². The number of fused-ring (bicyclic) bond motifs is 1. The Morgan fingerprint density at radius 2 is 2.64 bits per heavy atom. The van der Waals surface area contributed by atoms with Crippen molar-refractivity contribution in [3.8, 4) is 5.88 Å². The first-order valence-electron chi connectivity index (χ1n) is 3.45. The maximum Gasteiger partial charge on any atom is 0.233 e. The Bertz CT molecular complexity index is 323. The van der Waals surface area contributed by atoms with E-state index in [1.165, 1.54) is 0 Å². The van der Waals surface area contributed by atoms with E-state index < -0.39 is 0 Å². The summed E-state index contributed by atoms with van der Waals surface area (Å²) < 4.78 is 7.18. The van der Waals surface area contributed by atoms with Crippen LogP contribution in [-0.2, 0) is 0 Å². The molecule has 11 heavy (non-hydrogen) atoms. The number of nitrogens with zero attached hydrogens (tertiary/aromatic N) is 2. The minimum Gasteiger partial charge on any atom is -0.477 e. The summed E-state index contributed by atoms with van der Waals surface area (Å²) in [6, 6.07) is 0. The maximum atomic E-state index is 5.22. The molecule has 2 aromatic heterocycles. The molecule has 0 saturated heterocycles. The van der Waals surface area contributed by atoms with Crippen molar-refractivity contribution in [2.45, 2.75) is 6.92 Å². The normalized spacial score (nSPS) is 10.6. The molecule has 0 spiro atoms. The Hall–Kier alpha value is -1.03. The van der Waals surface area contributed by atoms with Gasteiger partial charge in [-0.05, 0) is 6.92 Å². The summed E-state index contributed by atoms with van der Waals surface area (Å²) in [4.78, 5) is 5.20. The van der Waals surface area contributed by atoms with Crippen LogP contribution in [-0.4, -0.2) is 16.0 Å². The molecule has 0 radical (unpaired) electrons. The van der Waals surface area contributed by atoms with Gasteiger partial charge in [0.05, 0.1) is 12.8 Å². The fourth-order valence-electron chi connectivity index (χ4n) is 0.923. The van der Waals surface area contributed by atoms with E-state index in [9.17, 15) is 0 Å². The van der Waals surface area contributed by atoms with Crippen LogP contribution in [0.25, 0.3) is 4.96 Å².